The van der Waals surface area contributed by atoms with E-state index in [0.717, 1.165) is 18.1 Å². The molecule has 1 aromatic rings. The van der Waals surface area contributed by atoms with E-state index in [1.165, 1.54) is 4.88 Å². The summed E-state index contributed by atoms with van der Waals surface area (Å²) < 4.78 is 0. The molecular formula is C9H12N2OS. The second-order valence-electron chi connectivity index (χ2n) is 3.36. The molecule has 0 amide bonds. The van der Waals surface area contributed by atoms with Gasteiger partial charge in [0.2, 0.25) is 0 Å². The zero-order chi connectivity index (χ0) is 9.26. The first kappa shape index (κ1) is 8.84. The van der Waals surface area contributed by atoms with Gasteiger partial charge in [-0.25, -0.2) is 4.98 Å². The first-order valence-electron chi connectivity index (χ1n) is 4.39. The molecule has 0 aliphatic carbocycles. The van der Waals surface area contributed by atoms with Gasteiger partial charge in [-0.1, -0.05) is 0 Å². The van der Waals surface area contributed by atoms with Gasteiger partial charge in [-0.05, 0) is 6.92 Å². The summed E-state index contributed by atoms with van der Waals surface area (Å²) >= 11 is 1.71. The quantitative estimate of drug-likeness (QED) is 0.713. The fourth-order valence-corrected chi connectivity index (χ4v) is 2.32. The lowest BCUT2D eigenvalue weighted by Gasteiger charge is -2.10. The van der Waals surface area contributed by atoms with E-state index in [1.54, 1.807) is 11.3 Å². The SMILES string of the molecule is Cc1cnc(CN2CCC(=O)C2)s1. The molecule has 2 rings (SSSR count). The predicted octanol–water partition coefficient (Wildman–Crippen LogP) is 1.23. The predicted molar refractivity (Wildman–Crippen MR) is 51.8 cm³/mol. The lowest BCUT2D eigenvalue weighted by Crippen LogP contribution is -2.19. The third kappa shape index (κ3) is 2.14. The number of rotatable bonds is 2. The van der Waals surface area contributed by atoms with E-state index < -0.39 is 0 Å². The Bertz CT molecular complexity index is 321. The molecule has 13 heavy (non-hydrogen) atoms. The van der Waals surface area contributed by atoms with E-state index in [2.05, 4.69) is 16.8 Å². The molecule has 0 atom stereocenters. The molecule has 70 valence electrons. The van der Waals surface area contributed by atoms with E-state index in [4.69, 9.17) is 0 Å². The summed E-state index contributed by atoms with van der Waals surface area (Å²) in [5, 5.41) is 1.12. The van der Waals surface area contributed by atoms with Crippen LogP contribution in [-0.2, 0) is 11.3 Å². The molecule has 1 aliphatic rings. The maximum atomic E-state index is 11.0. The summed E-state index contributed by atoms with van der Waals surface area (Å²) in [5.74, 6) is 0.355. The summed E-state index contributed by atoms with van der Waals surface area (Å²) in [6.45, 7) is 4.40. The minimum Gasteiger partial charge on any atom is -0.298 e. The van der Waals surface area contributed by atoms with Gasteiger partial charge < -0.3 is 0 Å². The van der Waals surface area contributed by atoms with Gasteiger partial charge in [-0.2, -0.15) is 0 Å². The highest BCUT2D eigenvalue weighted by Crippen LogP contribution is 2.15. The van der Waals surface area contributed by atoms with Crippen LogP contribution in [0.2, 0.25) is 0 Å². The maximum Gasteiger partial charge on any atom is 0.148 e. The molecule has 0 unspecified atom stereocenters. The van der Waals surface area contributed by atoms with Crippen molar-refractivity contribution >= 4 is 17.1 Å². The van der Waals surface area contributed by atoms with Crippen molar-refractivity contribution in [2.24, 2.45) is 0 Å². The molecule has 4 heteroatoms. The van der Waals surface area contributed by atoms with Crippen LogP contribution in [0.5, 0.6) is 0 Å². The van der Waals surface area contributed by atoms with Crippen molar-refractivity contribution in [2.75, 3.05) is 13.1 Å². The minimum absolute atomic E-state index is 0.355. The van der Waals surface area contributed by atoms with Crippen molar-refractivity contribution in [3.05, 3.63) is 16.1 Å². The first-order chi connectivity index (χ1) is 6.24. The van der Waals surface area contributed by atoms with Gasteiger partial charge in [0.1, 0.15) is 10.8 Å². The molecule has 1 saturated heterocycles. The number of likely N-dealkylation sites (tertiary alicyclic amines) is 1. The molecule has 0 spiro atoms. The van der Waals surface area contributed by atoms with Crippen molar-refractivity contribution in [2.45, 2.75) is 19.9 Å². The van der Waals surface area contributed by atoms with E-state index in [9.17, 15) is 4.79 Å². The van der Waals surface area contributed by atoms with Gasteiger partial charge in [-0.15, -0.1) is 11.3 Å². The number of aromatic nitrogens is 1. The summed E-state index contributed by atoms with van der Waals surface area (Å²) in [5.41, 5.74) is 0. The van der Waals surface area contributed by atoms with Crippen molar-refractivity contribution in [3.8, 4) is 0 Å². The number of Topliss-reactive ketones (excluding diaryl/α,β-unsaturated/α-hetero) is 1. The van der Waals surface area contributed by atoms with Crippen LogP contribution < -0.4 is 0 Å². The Morgan fingerprint density at radius 2 is 2.54 bits per heavy atom. The van der Waals surface area contributed by atoms with Crippen LogP contribution in [-0.4, -0.2) is 28.8 Å². The van der Waals surface area contributed by atoms with Crippen molar-refractivity contribution in [1.29, 1.82) is 0 Å². The van der Waals surface area contributed by atoms with Crippen molar-refractivity contribution in [1.82, 2.24) is 9.88 Å². The van der Waals surface area contributed by atoms with Gasteiger partial charge in [0.15, 0.2) is 0 Å². The van der Waals surface area contributed by atoms with E-state index in [1.807, 2.05) is 6.20 Å². The van der Waals surface area contributed by atoms with Crippen LogP contribution in [0.25, 0.3) is 0 Å². The highest BCUT2D eigenvalue weighted by molar-refractivity contribution is 7.11. The van der Waals surface area contributed by atoms with Crippen LogP contribution in [0.4, 0.5) is 0 Å². The van der Waals surface area contributed by atoms with Gasteiger partial charge in [0, 0.05) is 24.0 Å². The van der Waals surface area contributed by atoms with Crippen LogP contribution in [0, 0.1) is 6.92 Å². The smallest absolute Gasteiger partial charge is 0.148 e. The molecule has 0 bridgehead atoms. The second-order valence-corrected chi connectivity index (χ2v) is 4.68. The number of carbonyl (C=O) groups is 1. The van der Waals surface area contributed by atoms with Gasteiger partial charge in [-0.3, -0.25) is 9.69 Å². The Balaban J connectivity index is 1.95. The fraction of sp³-hybridized carbons (Fsp3) is 0.556. The average Bonchev–Trinajstić information content (AvgIpc) is 2.62. The third-order valence-electron chi connectivity index (χ3n) is 2.13. The highest BCUT2D eigenvalue weighted by Gasteiger charge is 2.19. The van der Waals surface area contributed by atoms with Gasteiger partial charge in [0.05, 0.1) is 13.1 Å². The number of nitrogens with zero attached hydrogens (tertiary/aromatic N) is 2. The topological polar surface area (TPSA) is 33.2 Å². The minimum atomic E-state index is 0.355. The normalized spacial score (nSPS) is 18.4. The summed E-state index contributed by atoms with van der Waals surface area (Å²) in [7, 11) is 0. The maximum absolute atomic E-state index is 11.0. The van der Waals surface area contributed by atoms with E-state index >= 15 is 0 Å². The molecule has 0 N–H and O–H groups in total. The number of hydrogen-bond acceptors (Lipinski definition) is 4. The molecule has 0 saturated carbocycles. The third-order valence-corrected chi connectivity index (χ3v) is 3.03. The molecular weight excluding hydrogens is 184 g/mol. The molecule has 1 fully saturated rings. The van der Waals surface area contributed by atoms with Gasteiger partial charge in [0.25, 0.3) is 0 Å². The number of ketones is 1. The summed E-state index contributed by atoms with van der Waals surface area (Å²) in [6.07, 6.45) is 2.60. The second kappa shape index (κ2) is 3.55. The van der Waals surface area contributed by atoms with Crippen LogP contribution in [0.3, 0.4) is 0 Å². The Labute approximate surface area is 81.4 Å². The molecule has 3 nitrogen and oxygen atoms in total. The molecule has 0 aromatic carbocycles. The lowest BCUT2D eigenvalue weighted by molar-refractivity contribution is -0.116. The number of aryl methyl sites for hydroxylation is 1. The Morgan fingerprint density at radius 1 is 1.69 bits per heavy atom. The Kier molecular flexibility index (Phi) is 2.42. The molecule has 2 heterocycles. The fourth-order valence-electron chi connectivity index (χ4n) is 1.49. The summed E-state index contributed by atoms with van der Waals surface area (Å²) in [4.78, 5) is 18.7. The van der Waals surface area contributed by atoms with E-state index in [0.29, 0.717) is 18.7 Å². The van der Waals surface area contributed by atoms with Crippen molar-refractivity contribution in [3.63, 3.8) is 0 Å². The Morgan fingerprint density at radius 3 is 3.08 bits per heavy atom. The van der Waals surface area contributed by atoms with Crippen LogP contribution in [0.15, 0.2) is 6.20 Å². The first-order valence-corrected chi connectivity index (χ1v) is 5.21. The van der Waals surface area contributed by atoms with Crippen molar-refractivity contribution < 1.29 is 4.79 Å². The zero-order valence-corrected chi connectivity index (χ0v) is 8.43. The molecule has 1 aromatic heterocycles. The summed E-state index contributed by atoms with van der Waals surface area (Å²) in [6, 6.07) is 0. The highest BCUT2D eigenvalue weighted by atomic mass is 32.1. The standard InChI is InChI=1S/C9H12N2OS/c1-7-4-10-9(13-7)6-11-3-2-8(12)5-11/h4H,2-3,5-6H2,1H3. The Hall–Kier alpha value is -0.740. The molecule has 0 radical (unpaired) electrons. The van der Waals surface area contributed by atoms with E-state index in [-0.39, 0.29) is 0 Å². The zero-order valence-electron chi connectivity index (χ0n) is 7.62. The largest absolute Gasteiger partial charge is 0.298 e. The monoisotopic (exact) mass is 196 g/mol. The average molecular weight is 196 g/mol. The lowest BCUT2D eigenvalue weighted by atomic mass is 10.4. The van der Waals surface area contributed by atoms with Crippen LogP contribution >= 0.6 is 11.3 Å². The number of thiazole rings is 1. The van der Waals surface area contributed by atoms with Gasteiger partial charge >= 0.3 is 0 Å². The number of hydrogen-bond donors (Lipinski definition) is 0. The molecule has 1 aliphatic heterocycles. The van der Waals surface area contributed by atoms with Crippen LogP contribution in [0.1, 0.15) is 16.3 Å². The number of carbonyl (C=O) groups excluding carboxylic acids is 1.